The number of rotatable bonds is 6. The minimum Gasteiger partial charge on any atom is -0.446 e. The predicted octanol–water partition coefficient (Wildman–Crippen LogP) is 4.71. The average Bonchev–Trinajstić information content (AvgIpc) is 3.41. The molecule has 1 aliphatic carbocycles. The molecule has 0 bridgehead atoms. The molecule has 0 spiro atoms. The number of aromatic amines is 1. The van der Waals surface area contributed by atoms with Gasteiger partial charge in [-0.3, -0.25) is 5.10 Å². The monoisotopic (exact) mass is 517 g/mol. The van der Waals surface area contributed by atoms with E-state index in [-0.39, 0.29) is 16.9 Å². The minimum atomic E-state index is -3.82. The molecular formula is C24H31N5O4S2. The number of hydrogen-bond donors (Lipinski definition) is 3. The molecular weight excluding hydrogens is 486 g/mol. The van der Waals surface area contributed by atoms with Gasteiger partial charge in [0.2, 0.25) is 10.0 Å². The van der Waals surface area contributed by atoms with Crippen LogP contribution in [0.3, 0.4) is 0 Å². The molecule has 1 amide bonds. The molecule has 0 radical (unpaired) electrons. The zero-order valence-electron chi connectivity index (χ0n) is 20.3. The third kappa shape index (κ3) is 5.91. The second kappa shape index (κ2) is 9.71. The van der Waals surface area contributed by atoms with Crippen LogP contribution in [-0.2, 0) is 14.8 Å². The van der Waals surface area contributed by atoms with Crippen molar-refractivity contribution in [1.29, 1.82) is 0 Å². The maximum absolute atomic E-state index is 13.5. The van der Waals surface area contributed by atoms with Crippen LogP contribution < -0.4 is 10.5 Å². The molecule has 1 aromatic carbocycles. The summed E-state index contributed by atoms with van der Waals surface area (Å²) < 4.78 is 34.9. The molecule has 0 unspecified atom stereocenters. The number of nitrogens with zero attached hydrogens (tertiary/aromatic N) is 2. The SMILES string of the molecule is Cc1[nH]ncc1-c1ccc(-c2cnc([C@H]3CC[C@H](OC(N)=O)CC3)s2)c(S(=O)(=O)NC(C)(C)C)c1. The maximum atomic E-state index is 13.5. The van der Waals surface area contributed by atoms with Crippen LogP contribution in [0.25, 0.3) is 21.6 Å². The number of sulfonamides is 1. The van der Waals surface area contributed by atoms with Crippen LogP contribution in [0, 0.1) is 6.92 Å². The molecule has 1 aliphatic rings. The van der Waals surface area contributed by atoms with Crippen LogP contribution in [0.15, 0.2) is 35.5 Å². The van der Waals surface area contributed by atoms with E-state index in [0.717, 1.165) is 52.4 Å². The largest absolute Gasteiger partial charge is 0.446 e. The Morgan fingerprint density at radius 2 is 1.89 bits per heavy atom. The van der Waals surface area contributed by atoms with Crippen molar-refractivity contribution >= 4 is 27.5 Å². The first-order valence-corrected chi connectivity index (χ1v) is 13.8. The van der Waals surface area contributed by atoms with Gasteiger partial charge in [0.1, 0.15) is 6.10 Å². The molecule has 9 nitrogen and oxygen atoms in total. The Hall–Kier alpha value is -2.76. The molecule has 11 heteroatoms. The van der Waals surface area contributed by atoms with Crippen molar-refractivity contribution in [2.24, 2.45) is 5.73 Å². The summed E-state index contributed by atoms with van der Waals surface area (Å²) in [5.74, 6) is 0.238. The molecule has 0 atom stereocenters. The number of carbonyl (C=O) groups is 1. The highest BCUT2D eigenvalue weighted by Gasteiger charge is 2.29. The lowest BCUT2D eigenvalue weighted by Gasteiger charge is -2.26. The molecule has 2 aromatic heterocycles. The molecule has 35 heavy (non-hydrogen) atoms. The molecule has 2 heterocycles. The van der Waals surface area contributed by atoms with Crippen molar-refractivity contribution in [3.05, 3.63) is 41.3 Å². The van der Waals surface area contributed by atoms with Gasteiger partial charge in [-0.1, -0.05) is 12.1 Å². The summed E-state index contributed by atoms with van der Waals surface area (Å²) in [4.78, 5) is 16.7. The molecule has 3 aromatic rings. The van der Waals surface area contributed by atoms with E-state index in [1.807, 2.05) is 39.8 Å². The summed E-state index contributed by atoms with van der Waals surface area (Å²) in [7, 11) is -3.82. The summed E-state index contributed by atoms with van der Waals surface area (Å²) in [6, 6.07) is 5.45. The Bertz CT molecular complexity index is 1320. The van der Waals surface area contributed by atoms with Crippen LogP contribution in [0.1, 0.15) is 63.1 Å². The van der Waals surface area contributed by atoms with E-state index >= 15 is 0 Å². The van der Waals surface area contributed by atoms with E-state index < -0.39 is 21.7 Å². The van der Waals surface area contributed by atoms with Gasteiger partial charge in [-0.15, -0.1) is 11.3 Å². The number of nitrogens with one attached hydrogen (secondary N) is 2. The highest BCUT2D eigenvalue weighted by atomic mass is 32.2. The van der Waals surface area contributed by atoms with Crippen LogP contribution in [0.5, 0.6) is 0 Å². The fraction of sp³-hybridized carbons (Fsp3) is 0.458. The molecule has 1 fully saturated rings. The number of carbonyl (C=O) groups excluding carboxylic acids is 1. The van der Waals surface area contributed by atoms with Gasteiger partial charge < -0.3 is 10.5 Å². The van der Waals surface area contributed by atoms with Crippen LogP contribution >= 0.6 is 11.3 Å². The van der Waals surface area contributed by atoms with Gasteiger partial charge in [-0.25, -0.2) is 22.9 Å². The number of hydrogen-bond acceptors (Lipinski definition) is 7. The van der Waals surface area contributed by atoms with Gasteiger partial charge in [0, 0.05) is 34.5 Å². The Morgan fingerprint density at radius 1 is 1.17 bits per heavy atom. The van der Waals surface area contributed by atoms with Crippen molar-refractivity contribution in [1.82, 2.24) is 19.9 Å². The Morgan fingerprint density at radius 3 is 2.49 bits per heavy atom. The number of ether oxygens (including phenoxy) is 1. The molecule has 1 saturated carbocycles. The lowest BCUT2D eigenvalue weighted by Crippen LogP contribution is -2.40. The Balaban J connectivity index is 1.68. The summed E-state index contributed by atoms with van der Waals surface area (Å²) in [5.41, 5.74) is 7.60. The van der Waals surface area contributed by atoms with E-state index in [1.165, 1.54) is 11.3 Å². The number of nitrogens with two attached hydrogens (primary N) is 1. The second-order valence-corrected chi connectivity index (χ2v) is 12.7. The zero-order chi connectivity index (χ0) is 25.4. The molecule has 4 N–H and O–H groups in total. The zero-order valence-corrected chi connectivity index (χ0v) is 21.9. The fourth-order valence-corrected chi connectivity index (χ4v) is 7.27. The Kier molecular flexibility index (Phi) is 7.03. The van der Waals surface area contributed by atoms with Crippen LogP contribution in [-0.4, -0.2) is 41.3 Å². The number of H-pyrrole nitrogens is 1. The van der Waals surface area contributed by atoms with Crippen LogP contribution in [0.2, 0.25) is 0 Å². The maximum Gasteiger partial charge on any atom is 0.404 e. The first-order valence-electron chi connectivity index (χ1n) is 11.5. The van der Waals surface area contributed by atoms with Crippen molar-refractivity contribution in [3.63, 3.8) is 0 Å². The van der Waals surface area contributed by atoms with Crippen LogP contribution in [0.4, 0.5) is 4.79 Å². The summed E-state index contributed by atoms with van der Waals surface area (Å²) in [6.07, 6.45) is 5.69. The second-order valence-electron chi connectivity index (χ2n) is 9.95. The van der Waals surface area contributed by atoms with E-state index in [9.17, 15) is 13.2 Å². The van der Waals surface area contributed by atoms with Gasteiger partial charge >= 0.3 is 6.09 Å². The first kappa shape index (κ1) is 25.3. The molecule has 0 saturated heterocycles. The highest BCUT2D eigenvalue weighted by Crippen LogP contribution is 2.41. The van der Waals surface area contributed by atoms with E-state index in [4.69, 9.17) is 10.5 Å². The lowest BCUT2D eigenvalue weighted by molar-refractivity contribution is 0.0787. The van der Waals surface area contributed by atoms with Gasteiger partial charge in [-0.05, 0) is 65.0 Å². The molecule has 188 valence electrons. The van der Waals surface area contributed by atoms with Crippen molar-refractivity contribution < 1.29 is 17.9 Å². The fourth-order valence-electron chi connectivity index (χ4n) is 4.41. The minimum absolute atomic E-state index is 0.151. The average molecular weight is 518 g/mol. The summed E-state index contributed by atoms with van der Waals surface area (Å²) >= 11 is 1.51. The van der Waals surface area contributed by atoms with E-state index in [0.29, 0.717) is 5.56 Å². The van der Waals surface area contributed by atoms with Crippen molar-refractivity contribution in [2.75, 3.05) is 0 Å². The topological polar surface area (TPSA) is 140 Å². The Labute approximate surface area is 209 Å². The van der Waals surface area contributed by atoms with E-state index in [2.05, 4.69) is 19.9 Å². The molecule has 0 aliphatic heterocycles. The number of thiazole rings is 1. The highest BCUT2D eigenvalue weighted by molar-refractivity contribution is 7.89. The molecule has 4 rings (SSSR count). The summed E-state index contributed by atoms with van der Waals surface area (Å²) in [5, 5.41) is 7.94. The third-order valence-corrected chi connectivity index (χ3v) is 8.94. The quantitative estimate of drug-likeness (QED) is 0.433. The van der Waals surface area contributed by atoms with Gasteiger partial charge in [-0.2, -0.15) is 5.10 Å². The predicted molar refractivity (Wildman–Crippen MR) is 136 cm³/mol. The summed E-state index contributed by atoms with van der Waals surface area (Å²) in [6.45, 7) is 7.35. The number of amides is 1. The number of aryl methyl sites for hydroxylation is 1. The first-order chi connectivity index (χ1) is 16.4. The smallest absolute Gasteiger partial charge is 0.404 e. The number of benzene rings is 1. The third-order valence-electron chi connectivity index (χ3n) is 5.95. The number of aromatic nitrogens is 3. The van der Waals surface area contributed by atoms with Crippen molar-refractivity contribution in [2.45, 2.75) is 75.8 Å². The lowest BCUT2D eigenvalue weighted by atomic mass is 9.88. The van der Waals surface area contributed by atoms with Gasteiger partial charge in [0.15, 0.2) is 0 Å². The number of primary amides is 1. The normalized spacial score (nSPS) is 19.0. The van der Waals surface area contributed by atoms with Gasteiger partial charge in [0.05, 0.1) is 21.0 Å². The standard InChI is InChI=1S/C24H31N5O4S2/c1-14-19(12-27-28-14)16-7-10-18(21(11-16)35(31,32)29-24(2,3)4)20-13-26-22(34-20)15-5-8-17(9-6-15)33-23(25)30/h7,10-13,15,17,29H,5-6,8-9H2,1-4H3,(H2,25,30)(H,27,28)/t15-,17-. The van der Waals surface area contributed by atoms with Gasteiger partial charge in [0.25, 0.3) is 0 Å². The van der Waals surface area contributed by atoms with Crippen molar-refractivity contribution in [3.8, 4) is 21.6 Å². The van der Waals surface area contributed by atoms with E-state index in [1.54, 1.807) is 18.5 Å².